The number of hydrogen-bond donors (Lipinski definition) is 3. The molecule has 1 aromatic carbocycles. The molecule has 2 amide bonds. The topological polar surface area (TPSA) is 116 Å². The number of rotatable bonds is 8. The average Bonchev–Trinajstić information content (AvgIpc) is 3.23. The van der Waals surface area contributed by atoms with Crippen LogP contribution in [0.3, 0.4) is 0 Å². The van der Waals surface area contributed by atoms with Gasteiger partial charge in [0.1, 0.15) is 5.82 Å². The van der Waals surface area contributed by atoms with E-state index in [1.807, 2.05) is 32.8 Å². The fourth-order valence-corrected chi connectivity index (χ4v) is 4.11. The molecule has 0 bridgehead atoms. The molecule has 0 spiro atoms. The summed E-state index contributed by atoms with van der Waals surface area (Å²) in [5.41, 5.74) is 1.98. The number of carbonyl (C=O) groups excluding carboxylic acids is 1. The highest BCUT2D eigenvalue weighted by Crippen LogP contribution is 2.35. The largest absolute Gasteiger partial charge is 0.332 e. The van der Waals surface area contributed by atoms with Crippen molar-refractivity contribution in [2.45, 2.75) is 31.3 Å². The minimum atomic E-state index is -3.71. The standard InChI is InChI=1S/C22H28FN7O2S/c1-15(2)18-12-17(23)13-19(16-6-5-8-25-14-16)21(18)26-22(31)28-33(24,32)20-7-9-30(27-20)11-10-29(3)4/h5-9,12-15H,10-11H2,1-4H3,(H3,24,26,28,31,32). The fourth-order valence-electron chi connectivity index (χ4n) is 3.22. The molecule has 2 aromatic heterocycles. The summed E-state index contributed by atoms with van der Waals surface area (Å²) in [7, 11) is 0.132. The van der Waals surface area contributed by atoms with Crippen LogP contribution in [-0.4, -0.2) is 50.5 Å². The first-order valence-electron chi connectivity index (χ1n) is 10.4. The molecule has 33 heavy (non-hydrogen) atoms. The molecule has 0 saturated carbocycles. The van der Waals surface area contributed by atoms with Crippen molar-refractivity contribution in [1.29, 1.82) is 4.78 Å². The lowest BCUT2D eigenvalue weighted by Gasteiger charge is -2.19. The van der Waals surface area contributed by atoms with E-state index in [0.717, 1.165) is 0 Å². The Balaban J connectivity index is 1.87. The van der Waals surface area contributed by atoms with Gasteiger partial charge < -0.3 is 10.2 Å². The Labute approximate surface area is 193 Å². The van der Waals surface area contributed by atoms with Crippen LogP contribution in [0.5, 0.6) is 0 Å². The Morgan fingerprint density at radius 2 is 2.06 bits per heavy atom. The Morgan fingerprint density at radius 1 is 1.30 bits per heavy atom. The lowest BCUT2D eigenvalue weighted by atomic mass is 9.94. The number of likely N-dealkylation sites (N-methyl/N-ethyl adjacent to an activating group) is 1. The van der Waals surface area contributed by atoms with Gasteiger partial charge in [0.2, 0.25) is 0 Å². The SMILES string of the molecule is CC(C)c1cc(F)cc(-c2cccnc2)c1NC(=O)NS(=N)(=O)c1ccn(CCN(C)C)n1. The molecule has 0 aliphatic carbocycles. The highest BCUT2D eigenvalue weighted by atomic mass is 32.2. The molecular weight excluding hydrogens is 445 g/mol. The Bertz CT molecular complexity index is 1220. The van der Waals surface area contributed by atoms with E-state index in [1.165, 1.54) is 18.2 Å². The van der Waals surface area contributed by atoms with Gasteiger partial charge in [-0.05, 0) is 49.8 Å². The number of pyridine rings is 1. The minimum absolute atomic E-state index is 0.0490. The van der Waals surface area contributed by atoms with Crippen molar-refractivity contribution >= 4 is 21.6 Å². The van der Waals surface area contributed by atoms with Crippen LogP contribution >= 0.6 is 0 Å². The molecule has 11 heteroatoms. The number of aromatic nitrogens is 3. The molecule has 3 N–H and O–H groups in total. The first-order chi connectivity index (χ1) is 15.6. The summed E-state index contributed by atoms with van der Waals surface area (Å²) in [6.07, 6.45) is 4.78. The van der Waals surface area contributed by atoms with Crippen LogP contribution in [0.4, 0.5) is 14.9 Å². The molecule has 1 atom stereocenters. The van der Waals surface area contributed by atoms with Gasteiger partial charge in [0.15, 0.2) is 14.9 Å². The summed E-state index contributed by atoms with van der Waals surface area (Å²) in [5, 5.41) is 6.79. The minimum Gasteiger partial charge on any atom is -0.308 e. The summed E-state index contributed by atoms with van der Waals surface area (Å²) >= 11 is 0. The first kappa shape index (κ1) is 24.3. The second-order valence-electron chi connectivity index (χ2n) is 8.15. The Kier molecular flexibility index (Phi) is 7.44. The van der Waals surface area contributed by atoms with E-state index >= 15 is 0 Å². The summed E-state index contributed by atoms with van der Waals surface area (Å²) in [6, 6.07) is 6.72. The number of nitrogens with one attached hydrogen (secondary N) is 3. The second-order valence-corrected chi connectivity index (χ2v) is 9.88. The summed E-state index contributed by atoms with van der Waals surface area (Å²) in [5.74, 6) is -0.560. The highest BCUT2D eigenvalue weighted by Gasteiger charge is 2.21. The zero-order chi connectivity index (χ0) is 24.2. The Hall–Kier alpha value is -3.31. The van der Waals surface area contributed by atoms with E-state index in [4.69, 9.17) is 4.78 Å². The molecular formula is C22H28FN7O2S. The van der Waals surface area contributed by atoms with Crippen molar-refractivity contribution in [2.24, 2.45) is 0 Å². The van der Waals surface area contributed by atoms with E-state index in [2.05, 4.69) is 20.1 Å². The maximum Gasteiger partial charge on any atom is 0.332 e. The first-order valence-corrected chi connectivity index (χ1v) is 11.9. The van der Waals surface area contributed by atoms with Crippen LogP contribution in [0.1, 0.15) is 25.3 Å². The van der Waals surface area contributed by atoms with Crippen molar-refractivity contribution in [2.75, 3.05) is 26.0 Å². The van der Waals surface area contributed by atoms with Crippen molar-refractivity contribution in [1.82, 2.24) is 24.4 Å². The second kappa shape index (κ2) is 10.1. The molecule has 2 heterocycles. The summed E-state index contributed by atoms with van der Waals surface area (Å²) in [4.78, 5) is 18.8. The maximum absolute atomic E-state index is 14.4. The monoisotopic (exact) mass is 473 g/mol. The van der Waals surface area contributed by atoms with Gasteiger partial charge in [0.25, 0.3) is 0 Å². The van der Waals surface area contributed by atoms with Gasteiger partial charge in [0, 0.05) is 36.3 Å². The number of anilines is 1. The number of carbonyl (C=O) groups is 1. The molecule has 0 aliphatic heterocycles. The van der Waals surface area contributed by atoms with Crippen molar-refractivity contribution < 1.29 is 13.4 Å². The smallest absolute Gasteiger partial charge is 0.308 e. The lowest BCUT2D eigenvalue weighted by molar-refractivity contribution is 0.256. The molecule has 0 fully saturated rings. The molecule has 3 rings (SSSR count). The van der Waals surface area contributed by atoms with Crippen LogP contribution in [0, 0.1) is 10.6 Å². The van der Waals surface area contributed by atoms with E-state index in [9.17, 15) is 13.4 Å². The average molecular weight is 474 g/mol. The van der Waals surface area contributed by atoms with Gasteiger partial charge in [-0.3, -0.25) is 9.67 Å². The number of amides is 2. The number of benzene rings is 1. The van der Waals surface area contributed by atoms with Crippen LogP contribution < -0.4 is 10.0 Å². The quantitative estimate of drug-likeness (QED) is 0.459. The van der Waals surface area contributed by atoms with Crippen molar-refractivity contribution in [3.63, 3.8) is 0 Å². The molecule has 3 aromatic rings. The molecule has 1 unspecified atom stereocenters. The third-order valence-electron chi connectivity index (χ3n) is 4.89. The van der Waals surface area contributed by atoms with Crippen molar-refractivity contribution in [3.8, 4) is 11.1 Å². The number of hydrogen-bond acceptors (Lipinski definition) is 6. The highest BCUT2D eigenvalue weighted by molar-refractivity contribution is 7.91. The maximum atomic E-state index is 14.4. The van der Waals surface area contributed by atoms with Gasteiger partial charge in [-0.25, -0.2) is 22.9 Å². The summed E-state index contributed by atoms with van der Waals surface area (Å²) in [6.45, 7) is 5.02. The predicted molar refractivity (Wildman–Crippen MR) is 126 cm³/mol. The van der Waals surface area contributed by atoms with E-state index in [-0.39, 0.29) is 10.9 Å². The van der Waals surface area contributed by atoms with Gasteiger partial charge in [-0.15, -0.1) is 0 Å². The summed E-state index contributed by atoms with van der Waals surface area (Å²) < 4.78 is 39.2. The number of nitrogens with zero attached hydrogens (tertiary/aromatic N) is 4. The van der Waals surface area contributed by atoms with Gasteiger partial charge in [-0.1, -0.05) is 19.9 Å². The van der Waals surface area contributed by atoms with Crippen LogP contribution in [0.25, 0.3) is 11.1 Å². The number of urea groups is 1. The van der Waals surface area contributed by atoms with Gasteiger partial charge >= 0.3 is 6.03 Å². The zero-order valence-corrected chi connectivity index (χ0v) is 19.8. The van der Waals surface area contributed by atoms with E-state index < -0.39 is 21.8 Å². The van der Waals surface area contributed by atoms with Crippen LogP contribution in [0.15, 0.2) is 53.9 Å². The zero-order valence-electron chi connectivity index (χ0n) is 19.0. The molecule has 0 aliphatic rings. The van der Waals surface area contributed by atoms with Gasteiger partial charge in [-0.2, -0.15) is 5.10 Å². The van der Waals surface area contributed by atoms with E-state index in [1.54, 1.807) is 35.4 Å². The number of halogens is 1. The normalized spacial score (nSPS) is 13.2. The third-order valence-corrected chi connectivity index (χ3v) is 6.17. The molecule has 0 saturated heterocycles. The predicted octanol–water partition coefficient (Wildman–Crippen LogP) is 3.91. The van der Waals surface area contributed by atoms with E-state index in [0.29, 0.717) is 35.5 Å². The molecule has 9 nitrogen and oxygen atoms in total. The van der Waals surface area contributed by atoms with Crippen LogP contribution in [-0.2, 0) is 16.5 Å². The third kappa shape index (κ3) is 6.14. The fraction of sp³-hybridized carbons (Fsp3) is 0.318. The molecule has 176 valence electrons. The van der Waals surface area contributed by atoms with Crippen molar-refractivity contribution in [3.05, 3.63) is 60.3 Å². The van der Waals surface area contributed by atoms with Crippen LogP contribution in [0.2, 0.25) is 0 Å². The lowest BCUT2D eigenvalue weighted by Crippen LogP contribution is -2.34. The Morgan fingerprint density at radius 3 is 2.70 bits per heavy atom. The van der Waals surface area contributed by atoms with Gasteiger partial charge in [0.05, 0.1) is 12.2 Å². The molecule has 0 radical (unpaired) electrons.